The zero-order chi connectivity index (χ0) is 11.1. The van der Waals surface area contributed by atoms with Crippen molar-refractivity contribution in [2.45, 2.75) is 5.92 Å². The molecule has 0 nitrogen and oxygen atoms in total. The maximum Gasteiger partial charge on any atom is 0.0181 e. The first-order valence-corrected chi connectivity index (χ1v) is 6.86. The molecule has 0 heterocycles. The van der Waals surface area contributed by atoms with Crippen LogP contribution in [0.1, 0.15) is 17.0 Å². The van der Waals surface area contributed by atoms with Gasteiger partial charge in [0.15, 0.2) is 0 Å². The Bertz CT molecular complexity index is 524. The summed E-state index contributed by atoms with van der Waals surface area (Å²) in [5.74, 6) is 0.988. The maximum atomic E-state index is 3.53. The topological polar surface area (TPSA) is 0 Å². The highest BCUT2D eigenvalue weighted by Gasteiger charge is 2.24. The van der Waals surface area contributed by atoms with Gasteiger partial charge in [0.1, 0.15) is 0 Å². The van der Waals surface area contributed by atoms with E-state index in [-0.39, 0.29) is 0 Å². The SMILES string of the molecule is BrC1=CC2C=Cc3cc(Br)ccc3C2C=C1. The summed E-state index contributed by atoms with van der Waals surface area (Å²) in [6.45, 7) is 0. The van der Waals surface area contributed by atoms with E-state index >= 15 is 0 Å². The molecule has 2 heteroatoms. The lowest BCUT2D eigenvalue weighted by Gasteiger charge is -2.28. The summed E-state index contributed by atoms with van der Waals surface area (Å²) in [5, 5.41) is 0. The van der Waals surface area contributed by atoms with Crippen LogP contribution in [0, 0.1) is 5.92 Å². The molecule has 2 unspecified atom stereocenters. The molecule has 2 atom stereocenters. The van der Waals surface area contributed by atoms with Crippen LogP contribution in [-0.2, 0) is 0 Å². The second-order valence-electron chi connectivity index (χ2n) is 4.15. The minimum absolute atomic E-state index is 0.494. The van der Waals surface area contributed by atoms with Gasteiger partial charge in [-0.25, -0.2) is 0 Å². The number of rotatable bonds is 0. The number of benzene rings is 1. The van der Waals surface area contributed by atoms with Crippen molar-refractivity contribution in [1.82, 2.24) is 0 Å². The van der Waals surface area contributed by atoms with Crippen molar-refractivity contribution in [1.29, 1.82) is 0 Å². The van der Waals surface area contributed by atoms with Crippen molar-refractivity contribution >= 4 is 37.9 Å². The van der Waals surface area contributed by atoms with Gasteiger partial charge in [-0.05, 0) is 23.3 Å². The summed E-state index contributed by atoms with van der Waals surface area (Å²) >= 11 is 7.05. The zero-order valence-electron chi connectivity index (χ0n) is 8.53. The fraction of sp³-hybridized carbons (Fsp3) is 0.143. The van der Waals surface area contributed by atoms with Crippen LogP contribution in [0.15, 0.2) is 51.5 Å². The Labute approximate surface area is 112 Å². The van der Waals surface area contributed by atoms with Crippen molar-refractivity contribution in [2.24, 2.45) is 5.92 Å². The van der Waals surface area contributed by atoms with E-state index in [4.69, 9.17) is 0 Å². The molecule has 0 amide bonds. The quantitative estimate of drug-likeness (QED) is 0.623. The smallest absolute Gasteiger partial charge is 0.0181 e. The van der Waals surface area contributed by atoms with Crippen LogP contribution >= 0.6 is 31.9 Å². The average molecular weight is 338 g/mol. The second-order valence-corrected chi connectivity index (χ2v) is 5.98. The van der Waals surface area contributed by atoms with Crippen molar-refractivity contribution in [3.8, 4) is 0 Å². The third-order valence-electron chi connectivity index (χ3n) is 3.14. The van der Waals surface area contributed by atoms with Crippen LogP contribution in [0.3, 0.4) is 0 Å². The van der Waals surface area contributed by atoms with Crippen LogP contribution in [0.2, 0.25) is 0 Å². The maximum absolute atomic E-state index is 3.53. The van der Waals surface area contributed by atoms with E-state index in [2.05, 4.69) is 80.4 Å². The van der Waals surface area contributed by atoms with Gasteiger partial charge in [0, 0.05) is 20.8 Å². The molecule has 0 aliphatic heterocycles. The van der Waals surface area contributed by atoms with Crippen molar-refractivity contribution in [3.05, 3.63) is 62.6 Å². The molecule has 0 aromatic heterocycles. The highest BCUT2D eigenvalue weighted by atomic mass is 79.9. The van der Waals surface area contributed by atoms with Gasteiger partial charge in [-0.15, -0.1) is 0 Å². The predicted octanol–water partition coefficient (Wildman–Crippen LogP) is 5.02. The van der Waals surface area contributed by atoms with E-state index in [0.717, 1.165) is 4.47 Å². The fourth-order valence-electron chi connectivity index (χ4n) is 2.36. The molecule has 2 aliphatic carbocycles. The molecule has 0 N–H and O–H groups in total. The van der Waals surface area contributed by atoms with Gasteiger partial charge >= 0.3 is 0 Å². The normalized spacial score (nSPS) is 26.0. The van der Waals surface area contributed by atoms with E-state index in [9.17, 15) is 0 Å². The highest BCUT2D eigenvalue weighted by Crippen LogP contribution is 2.40. The van der Waals surface area contributed by atoms with E-state index in [1.165, 1.54) is 15.6 Å². The Morgan fingerprint density at radius 2 is 1.88 bits per heavy atom. The molecular formula is C14H10Br2. The van der Waals surface area contributed by atoms with E-state index < -0.39 is 0 Å². The average Bonchev–Trinajstić information content (AvgIpc) is 2.28. The third-order valence-corrected chi connectivity index (χ3v) is 4.16. The first-order valence-electron chi connectivity index (χ1n) is 5.27. The molecule has 0 radical (unpaired) electrons. The Morgan fingerprint density at radius 1 is 1.00 bits per heavy atom. The Kier molecular flexibility index (Phi) is 2.64. The first-order chi connectivity index (χ1) is 7.74. The number of hydrogen-bond donors (Lipinski definition) is 0. The lowest BCUT2D eigenvalue weighted by atomic mass is 9.77. The van der Waals surface area contributed by atoms with Gasteiger partial charge in [0.25, 0.3) is 0 Å². The molecule has 16 heavy (non-hydrogen) atoms. The Morgan fingerprint density at radius 3 is 2.75 bits per heavy atom. The highest BCUT2D eigenvalue weighted by molar-refractivity contribution is 9.12. The van der Waals surface area contributed by atoms with E-state index in [1.54, 1.807) is 0 Å². The molecule has 0 saturated carbocycles. The summed E-state index contributed by atoms with van der Waals surface area (Å²) in [4.78, 5) is 0. The van der Waals surface area contributed by atoms with Gasteiger partial charge < -0.3 is 0 Å². The van der Waals surface area contributed by atoms with Gasteiger partial charge in [-0.1, -0.05) is 68.3 Å². The van der Waals surface area contributed by atoms with Crippen molar-refractivity contribution < 1.29 is 0 Å². The summed E-state index contributed by atoms with van der Waals surface area (Å²) < 4.78 is 2.32. The summed E-state index contributed by atoms with van der Waals surface area (Å²) in [5.41, 5.74) is 2.75. The minimum atomic E-state index is 0.494. The summed E-state index contributed by atoms with van der Waals surface area (Å²) in [7, 11) is 0. The Balaban J connectivity index is 2.11. The molecule has 2 aliphatic rings. The number of fused-ring (bicyclic) bond motifs is 3. The zero-order valence-corrected chi connectivity index (χ0v) is 11.7. The van der Waals surface area contributed by atoms with Crippen molar-refractivity contribution in [3.63, 3.8) is 0 Å². The monoisotopic (exact) mass is 336 g/mol. The molecule has 0 saturated heterocycles. The second kappa shape index (κ2) is 4.01. The lowest BCUT2D eigenvalue weighted by Crippen LogP contribution is -2.13. The van der Waals surface area contributed by atoms with E-state index in [1.807, 2.05) is 0 Å². The largest absolute Gasteiger partial charge is 0.0760 e. The summed E-state index contributed by atoms with van der Waals surface area (Å²) in [6, 6.07) is 6.53. The van der Waals surface area contributed by atoms with Crippen molar-refractivity contribution in [2.75, 3.05) is 0 Å². The Hall–Kier alpha value is -0.600. The standard InChI is InChI=1S/C14H10Br2/c15-11-3-5-13-9(7-11)1-2-10-8-12(16)4-6-14(10)13/h1-9,13H. The number of halogens is 2. The van der Waals surface area contributed by atoms with Gasteiger partial charge in [-0.2, -0.15) is 0 Å². The third kappa shape index (κ3) is 1.74. The molecule has 0 spiro atoms. The lowest BCUT2D eigenvalue weighted by molar-refractivity contribution is 0.691. The van der Waals surface area contributed by atoms with Gasteiger partial charge in [0.2, 0.25) is 0 Å². The molecule has 0 fully saturated rings. The molecular weight excluding hydrogens is 328 g/mol. The van der Waals surface area contributed by atoms with Gasteiger partial charge in [-0.3, -0.25) is 0 Å². The molecule has 80 valence electrons. The predicted molar refractivity (Wildman–Crippen MR) is 75.6 cm³/mol. The van der Waals surface area contributed by atoms with Crippen LogP contribution in [-0.4, -0.2) is 0 Å². The van der Waals surface area contributed by atoms with E-state index in [0.29, 0.717) is 11.8 Å². The van der Waals surface area contributed by atoms with Gasteiger partial charge in [0.05, 0.1) is 0 Å². The summed E-state index contributed by atoms with van der Waals surface area (Å²) in [6.07, 6.45) is 11.2. The molecule has 1 aromatic rings. The fourth-order valence-corrected chi connectivity index (χ4v) is 3.20. The number of hydrogen-bond acceptors (Lipinski definition) is 0. The molecule has 1 aromatic carbocycles. The van der Waals surface area contributed by atoms with Crippen LogP contribution in [0.4, 0.5) is 0 Å². The van der Waals surface area contributed by atoms with Crippen LogP contribution in [0.5, 0.6) is 0 Å². The van der Waals surface area contributed by atoms with Crippen LogP contribution < -0.4 is 0 Å². The first kappa shape index (κ1) is 10.5. The van der Waals surface area contributed by atoms with Crippen LogP contribution in [0.25, 0.3) is 6.08 Å². The number of allylic oxidation sites excluding steroid dienone is 5. The molecule has 0 bridgehead atoms. The minimum Gasteiger partial charge on any atom is -0.0760 e. The molecule has 3 rings (SSSR count).